The molecule has 2 aromatic rings. The summed E-state index contributed by atoms with van der Waals surface area (Å²) in [7, 11) is 0. The molecule has 0 radical (unpaired) electrons. The first-order valence-corrected chi connectivity index (χ1v) is 5.56. The van der Waals surface area contributed by atoms with Gasteiger partial charge in [-0.2, -0.15) is 0 Å². The van der Waals surface area contributed by atoms with Crippen LogP contribution >= 0.6 is 11.6 Å². The zero-order valence-electron chi connectivity index (χ0n) is 9.27. The molecule has 2 rings (SSSR count). The SMILES string of the molecule is Cc1c(Cl)cccc1-c1ccc(C(=O)O)cc1. The minimum Gasteiger partial charge on any atom is -0.478 e. The Labute approximate surface area is 104 Å². The lowest BCUT2D eigenvalue weighted by Gasteiger charge is -2.07. The fourth-order valence-corrected chi connectivity index (χ4v) is 1.89. The van der Waals surface area contributed by atoms with E-state index in [1.165, 1.54) is 0 Å². The molecule has 3 heteroatoms. The zero-order valence-corrected chi connectivity index (χ0v) is 10.0. The van der Waals surface area contributed by atoms with Gasteiger partial charge in [-0.15, -0.1) is 0 Å². The molecule has 2 aromatic carbocycles. The van der Waals surface area contributed by atoms with Crippen LogP contribution in [0.2, 0.25) is 5.02 Å². The summed E-state index contributed by atoms with van der Waals surface area (Å²) in [6, 6.07) is 12.5. The van der Waals surface area contributed by atoms with Crippen LogP contribution in [0.5, 0.6) is 0 Å². The lowest BCUT2D eigenvalue weighted by atomic mass is 9.99. The number of hydrogen-bond acceptors (Lipinski definition) is 1. The van der Waals surface area contributed by atoms with Crippen molar-refractivity contribution in [3.05, 3.63) is 58.6 Å². The van der Waals surface area contributed by atoms with Crippen molar-refractivity contribution in [1.82, 2.24) is 0 Å². The molecule has 0 amide bonds. The molecule has 0 spiro atoms. The smallest absolute Gasteiger partial charge is 0.335 e. The van der Waals surface area contributed by atoms with Crippen molar-refractivity contribution in [2.45, 2.75) is 6.92 Å². The Morgan fingerprint density at radius 3 is 2.35 bits per heavy atom. The molecule has 2 nitrogen and oxygen atoms in total. The molecule has 0 heterocycles. The Hall–Kier alpha value is -1.80. The number of carbonyl (C=O) groups is 1. The lowest BCUT2D eigenvalue weighted by Crippen LogP contribution is -1.95. The zero-order chi connectivity index (χ0) is 12.4. The van der Waals surface area contributed by atoms with Gasteiger partial charge in [0.25, 0.3) is 0 Å². The van der Waals surface area contributed by atoms with Crippen molar-refractivity contribution in [2.75, 3.05) is 0 Å². The second-order valence-electron chi connectivity index (χ2n) is 3.79. The molecule has 17 heavy (non-hydrogen) atoms. The highest BCUT2D eigenvalue weighted by atomic mass is 35.5. The van der Waals surface area contributed by atoms with E-state index in [0.717, 1.165) is 16.7 Å². The largest absolute Gasteiger partial charge is 0.478 e. The van der Waals surface area contributed by atoms with Crippen molar-refractivity contribution in [3.8, 4) is 11.1 Å². The van der Waals surface area contributed by atoms with E-state index in [1.807, 2.05) is 25.1 Å². The molecule has 1 N–H and O–H groups in total. The average molecular weight is 247 g/mol. The van der Waals surface area contributed by atoms with Gasteiger partial charge in [0.05, 0.1) is 5.56 Å². The lowest BCUT2D eigenvalue weighted by molar-refractivity contribution is 0.0697. The molecule has 86 valence electrons. The standard InChI is InChI=1S/C14H11ClO2/c1-9-12(3-2-4-13(9)15)10-5-7-11(8-6-10)14(16)17/h2-8H,1H3,(H,16,17). The molecule has 0 saturated carbocycles. The predicted octanol–water partition coefficient (Wildman–Crippen LogP) is 4.01. The van der Waals surface area contributed by atoms with Gasteiger partial charge in [0.15, 0.2) is 0 Å². The summed E-state index contributed by atoms with van der Waals surface area (Å²) in [5.41, 5.74) is 3.27. The van der Waals surface area contributed by atoms with E-state index in [-0.39, 0.29) is 5.56 Å². The minimum absolute atomic E-state index is 0.286. The van der Waals surface area contributed by atoms with Gasteiger partial charge in [-0.1, -0.05) is 35.9 Å². The van der Waals surface area contributed by atoms with Gasteiger partial charge >= 0.3 is 5.97 Å². The van der Waals surface area contributed by atoms with Gasteiger partial charge < -0.3 is 5.11 Å². The first kappa shape index (κ1) is 11.7. The predicted molar refractivity (Wildman–Crippen MR) is 68.6 cm³/mol. The normalized spacial score (nSPS) is 10.2. The summed E-state index contributed by atoms with van der Waals surface area (Å²) in [5, 5.41) is 9.54. The highest BCUT2D eigenvalue weighted by Crippen LogP contribution is 2.28. The van der Waals surface area contributed by atoms with Crippen LogP contribution in [0.4, 0.5) is 0 Å². The fourth-order valence-electron chi connectivity index (χ4n) is 1.71. The molecule has 0 bridgehead atoms. The van der Waals surface area contributed by atoms with E-state index in [2.05, 4.69) is 0 Å². The fraction of sp³-hybridized carbons (Fsp3) is 0.0714. The molecule has 0 atom stereocenters. The third-order valence-electron chi connectivity index (χ3n) is 2.71. The highest BCUT2D eigenvalue weighted by molar-refractivity contribution is 6.31. The second-order valence-corrected chi connectivity index (χ2v) is 4.20. The molecule has 0 aromatic heterocycles. The van der Waals surface area contributed by atoms with Crippen molar-refractivity contribution >= 4 is 17.6 Å². The molecular formula is C14H11ClO2. The Bertz CT molecular complexity index is 559. The molecule has 0 aliphatic heterocycles. The number of carboxylic acids is 1. The number of hydrogen-bond donors (Lipinski definition) is 1. The summed E-state index contributed by atoms with van der Waals surface area (Å²) >= 11 is 6.05. The van der Waals surface area contributed by atoms with E-state index in [1.54, 1.807) is 24.3 Å². The molecule has 0 aliphatic rings. The highest BCUT2D eigenvalue weighted by Gasteiger charge is 2.06. The topological polar surface area (TPSA) is 37.3 Å². The maximum absolute atomic E-state index is 10.7. The monoisotopic (exact) mass is 246 g/mol. The summed E-state index contributed by atoms with van der Waals surface area (Å²) in [6.45, 7) is 1.95. The maximum Gasteiger partial charge on any atom is 0.335 e. The van der Waals surface area contributed by atoms with Gasteiger partial charge in [-0.25, -0.2) is 4.79 Å². The van der Waals surface area contributed by atoms with Gasteiger partial charge in [0.2, 0.25) is 0 Å². The molecule has 0 saturated heterocycles. The Kier molecular flexibility index (Phi) is 3.16. The van der Waals surface area contributed by atoms with Gasteiger partial charge in [0.1, 0.15) is 0 Å². The third kappa shape index (κ3) is 2.32. The molecular weight excluding hydrogens is 236 g/mol. The Balaban J connectivity index is 2.47. The number of benzene rings is 2. The maximum atomic E-state index is 10.7. The number of halogens is 1. The quantitative estimate of drug-likeness (QED) is 0.869. The second kappa shape index (κ2) is 4.60. The summed E-state index contributed by atoms with van der Waals surface area (Å²) in [5.74, 6) is -0.917. The van der Waals surface area contributed by atoms with Gasteiger partial charge in [0, 0.05) is 5.02 Å². The van der Waals surface area contributed by atoms with Crippen molar-refractivity contribution in [1.29, 1.82) is 0 Å². The van der Waals surface area contributed by atoms with Crippen LogP contribution < -0.4 is 0 Å². The van der Waals surface area contributed by atoms with Gasteiger partial charge in [-0.3, -0.25) is 0 Å². The van der Waals surface area contributed by atoms with Crippen LogP contribution in [-0.4, -0.2) is 11.1 Å². The molecule has 0 aliphatic carbocycles. The number of aromatic carboxylic acids is 1. The summed E-state index contributed by atoms with van der Waals surface area (Å²) in [4.78, 5) is 10.7. The van der Waals surface area contributed by atoms with Crippen LogP contribution in [0.25, 0.3) is 11.1 Å². The first-order valence-electron chi connectivity index (χ1n) is 5.18. The third-order valence-corrected chi connectivity index (χ3v) is 3.12. The van der Waals surface area contributed by atoms with E-state index >= 15 is 0 Å². The first-order chi connectivity index (χ1) is 8.09. The number of rotatable bonds is 2. The Morgan fingerprint density at radius 2 is 1.76 bits per heavy atom. The van der Waals surface area contributed by atoms with E-state index in [0.29, 0.717) is 5.02 Å². The molecule has 0 unspecified atom stereocenters. The van der Waals surface area contributed by atoms with Crippen LogP contribution in [0.1, 0.15) is 15.9 Å². The van der Waals surface area contributed by atoms with E-state index in [9.17, 15) is 4.79 Å². The molecule has 0 fully saturated rings. The summed E-state index contributed by atoms with van der Waals surface area (Å²) in [6.07, 6.45) is 0. The average Bonchev–Trinajstić information content (AvgIpc) is 2.33. The van der Waals surface area contributed by atoms with Crippen molar-refractivity contribution in [3.63, 3.8) is 0 Å². The van der Waals surface area contributed by atoms with Crippen LogP contribution in [0, 0.1) is 6.92 Å². The summed E-state index contributed by atoms with van der Waals surface area (Å²) < 4.78 is 0. The van der Waals surface area contributed by atoms with E-state index < -0.39 is 5.97 Å². The van der Waals surface area contributed by atoms with Crippen LogP contribution in [0.15, 0.2) is 42.5 Å². The van der Waals surface area contributed by atoms with Crippen LogP contribution in [-0.2, 0) is 0 Å². The van der Waals surface area contributed by atoms with Crippen LogP contribution in [0.3, 0.4) is 0 Å². The van der Waals surface area contributed by atoms with E-state index in [4.69, 9.17) is 16.7 Å². The van der Waals surface area contributed by atoms with Gasteiger partial charge in [-0.05, 0) is 41.8 Å². The van der Waals surface area contributed by atoms with Crippen molar-refractivity contribution in [2.24, 2.45) is 0 Å². The number of carboxylic acid groups (broad SMARTS) is 1. The Morgan fingerprint density at radius 1 is 1.12 bits per heavy atom. The van der Waals surface area contributed by atoms with Crippen molar-refractivity contribution < 1.29 is 9.90 Å². The minimum atomic E-state index is -0.917.